The van der Waals surface area contributed by atoms with Gasteiger partial charge in [0.25, 0.3) is 10.0 Å². The first-order valence-corrected chi connectivity index (χ1v) is 11.3. The summed E-state index contributed by atoms with van der Waals surface area (Å²) in [5.41, 5.74) is 0.598. The summed E-state index contributed by atoms with van der Waals surface area (Å²) in [6.07, 6.45) is 2.69. The van der Waals surface area contributed by atoms with Crippen LogP contribution in [0.4, 0.5) is 0 Å². The number of aliphatic imine (C=N–C) groups is 1. The van der Waals surface area contributed by atoms with Crippen molar-refractivity contribution in [2.24, 2.45) is 10.9 Å². The van der Waals surface area contributed by atoms with Crippen LogP contribution in [0.25, 0.3) is 0 Å². The highest BCUT2D eigenvalue weighted by molar-refractivity contribution is 7.90. The predicted octanol–water partition coefficient (Wildman–Crippen LogP) is 1.94. The van der Waals surface area contributed by atoms with Gasteiger partial charge in [0, 0.05) is 31.6 Å². The lowest BCUT2D eigenvalue weighted by Crippen LogP contribution is -2.37. The number of fused-ring (bicyclic) bond motifs is 1. The van der Waals surface area contributed by atoms with Crippen LogP contribution in [0.15, 0.2) is 34.2 Å². The second kappa shape index (κ2) is 10.4. The van der Waals surface area contributed by atoms with Gasteiger partial charge in [-0.1, -0.05) is 25.5 Å². The molecule has 0 spiro atoms. The van der Waals surface area contributed by atoms with Gasteiger partial charge >= 0.3 is 5.97 Å². The lowest BCUT2D eigenvalue weighted by atomic mass is 10.1. The fourth-order valence-corrected chi connectivity index (χ4v) is 4.43. The summed E-state index contributed by atoms with van der Waals surface area (Å²) in [7, 11) is -2.17. The molecule has 0 fully saturated rings. The Morgan fingerprint density at radius 3 is 2.62 bits per heavy atom. The summed E-state index contributed by atoms with van der Waals surface area (Å²) < 4.78 is 31.3. The van der Waals surface area contributed by atoms with Crippen molar-refractivity contribution < 1.29 is 22.7 Å². The summed E-state index contributed by atoms with van der Waals surface area (Å²) in [4.78, 5) is 30.2. The normalized spacial score (nSPS) is 16.7. The van der Waals surface area contributed by atoms with E-state index in [0.717, 1.165) is 19.3 Å². The molecule has 1 aromatic carbocycles. The van der Waals surface area contributed by atoms with Crippen LogP contribution in [0.3, 0.4) is 0 Å². The minimum Gasteiger partial charge on any atom is -0.469 e. The van der Waals surface area contributed by atoms with E-state index in [1.807, 2.05) is 6.92 Å². The maximum atomic E-state index is 12.3. The first-order chi connectivity index (χ1) is 13.8. The number of hydrogen-bond donors (Lipinski definition) is 1. The van der Waals surface area contributed by atoms with E-state index in [-0.39, 0.29) is 22.7 Å². The van der Waals surface area contributed by atoms with Crippen LogP contribution in [0, 0.1) is 5.92 Å². The predicted molar refractivity (Wildman–Crippen MR) is 110 cm³/mol. The molecule has 1 aromatic rings. The Morgan fingerprint density at radius 1 is 1.21 bits per heavy atom. The molecule has 0 radical (unpaired) electrons. The summed E-state index contributed by atoms with van der Waals surface area (Å²) in [6.45, 7) is 5.02. The molecule has 1 heterocycles. The molecule has 1 aliphatic heterocycles. The van der Waals surface area contributed by atoms with Crippen molar-refractivity contribution in [1.29, 1.82) is 0 Å². The average Bonchev–Trinajstić information content (AvgIpc) is 2.98. The van der Waals surface area contributed by atoms with Crippen molar-refractivity contribution in [2.75, 3.05) is 26.7 Å². The third-order valence-corrected chi connectivity index (χ3v) is 6.21. The smallest absolute Gasteiger partial charge is 0.310 e. The molecule has 2 rings (SSSR count). The zero-order valence-electron chi connectivity index (χ0n) is 17.2. The minimum absolute atomic E-state index is 0.0204. The Kier molecular flexibility index (Phi) is 8.19. The Labute approximate surface area is 172 Å². The number of hydrogen-bond acceptors (Lipinski definition) is 6. The van der Waals surface area contributed by atoms with Gasteiger partial charge in [0.15, 0.2) is 0 Å². The highest BCUT2D eigenvalue weighted by atomic mass is 32.2. The van der Waals surface area contributed by atoms with E-state index in [1.165, 1.54) is 7.11 Å². The Bertz CT molecular complexity index is 867. The number of rotatable bonds is 10. The van der Waals surface area contributed by atoms with E-state index in [2.05, 4.69) is 9.71 Å². The third-order valence-electron chi connectivity index (χ3n) is 4.81. The van der Waals surface area contributed by atoms with Crippen LogP contribution in [-0.4, -0.2) is 57.8 Å². The van der Waals surface area contributed by atoms with Crippen molar-refractivity contribution in [3.8, 4) is 0 Å². The molecule has 8 nitrogen and oxygen atoms in total. The molecule has 160 valence electrons. The molecule has 0 bridgehead atoms. The van der Waals surface area contributed by atoms with Crippen LogP contribution >= 0.6 is 0 Å². The van der Waals surface area contributed by atoms with Gasteiger partial charge in [-0.15, -0.1) is 0 Å². The van der Waals surface area contributed by atoms with Crippen molar-refractivity contribution in [3.63, 3.8) is 0 Å². The lowest BCUT2D eigenvalue weighted by Gasteiger charge is -2.23. The Balaban J connectivity index is 1.75. The number of methoxy groups -OCH3 is 1. The largest absolute Gasteiger partial charge is 0.469 e. The number of ether oxygens (including phenoxy) is 1. The number of amides is 1. The second-order valence-corrected chi connectivity index (χ2v) is 8.65. The molecular formula is C20H29N3O5S. The Morgan fingerprint density at radius 2 is 1.93 bits per heavy atom. The number of nitrogens with one attached hydrogen (secondary N) is 1. The molecule has 1 atom stereocenters. The molecule has 1 N–H and O–H groups in total. The molecule has 29 heavy (non-hydrogen) atoms. The highest BCUT2D eigenvalue weighted by Gasteiger charge is 2.29. The molecule has 0 saturated heterocycles. The lowest BCUT2D eigenvalue weighted by molar-refractivity contribution is -0.146. The zero-order chi connectivity index (χ0) is 21.4. The van der Waals surface area contributed by atoms with E-state index in [1.54, 1.807) is 36.1 Å². The SMILES string of the molecule is CCN(CC(C)C(=O)OC)C(=O)CCCCCN=C1NS(=O)(=O)c2ccccc21. The topological polar surface area (TPSA) is 105 Å². The van der Waals surface area contributed by atoms with Gasteiger partial charge < -0.3 is 9.64 Å². The van der Waals surface area contributed by atoms with Crippen LogP contribution in [0.1, 0.15) is 45.1 Å². The monoisotopic (exact) mass is 423 g/mol. The maximum Gasteiger partial charge on any atom is 0.310 e. The number of unbranched alkanes of at least 4 members (excludes halogenated alkanes) is 2. The fraction of sp³-hybridized carbons (Fsp3) is 0.550. The highest BCUT2D eigenvalue weighted by Crippen LogP contribution is 2.22. The number of benzene rings is 1. The van der Waals surface area contributed by atoms with Crippen LogP contribution < -0.4 is 4.72 Å². The molecule has 1 aliphatic rings. The average molecular weight is 424 g/mol. The summed E-state index contributed by atoms with van der Waals surface area (Å²) in [5.74, 6) is -0.269. The molecule has 9 heteroatoms. The van der Waals surface area contributed by atoms with Gasteiger partial charge in [-0.05, 0) is 31.9 Å². The van der Waals surface area contributed by atoms with Gasteiger partial charge in [-0.2, -0.15) is 0 Å². The fourth-order valence-electron chi connectivity index (χ4n) is 3.18. The van der Waals surface area contributed by atoms with Crippen molar-refractivity contribution in [3.05, 3.63) is 29.8 Å². The van der Waals surface area contributed by atoms with E-state index in [4.69, 9.17) is 4.74 Å². The third kappa shape index (κ3) is 6.03. The number of carbonyl (C=O) groups is 2. The molecule has 1 unspecified atom stereocenters. The minimum atomic E-state index is -3.51. The number of amidine groups is 1. The Hall–Kier alpha value is -2.42. The van der Waals surface area contributed by atoms with Gasteiger partial charge in [0.05, 0.1) is 17.9 Å². The number of carbonyl (C=O) groups excluding carboxylic acids is 2. The summed E-state index contributed by atoms with van der Waals surface area (Å²) >= 11 is 0. The van der Waals surface area contributed by atoms with Crippen LogP contribution in [0.5, 0.6) is 0 Å². The molecule has 1 amide bonds. The van der Waals surface area contributed by atoms with E-state index >= 15 is 0 Å². The summed E-state index contributed by atoms with van der Waals surface area (Å²) in [5, 5.41) is 0. The zero-order valence-corrected chi connectivity index (χ0v) is 18.0. The molecular weight excluding hydrogens is 394 g/mol. The van der Waals surface area contributed by atoms with Gasteiger partial charge in [-0.3, -0.25) is 19.3 Å². The standard InChI is InChI=1S/C20H29N3O5S/c1-4-23(14-15(2)20(25)28-3)18(24)12-6-5-9-13-21-19-16-10-7-8-11-17(16)29(26,27)22-19/h7-8,10-11,15H,4-6,9,12-14H2,1-3H3,(H,21,22). The molecule has 0 aromatic heterocycles. The molecule has 0 saturated carbocycles. The first kappa shape index (κ1) is 22.9. The first-order valence-electron chi connectivity index (χ1n) is 9.82. The van der Waals surface area contributed by atoms with Crippen LogP contribution in [-0.2, 0) is 24.3 Å². The summed E-state index contributed by atoms with van der Waals surface area (Å²) in [6, 6.07) is 6.76. The van der Waals surface area contributed by atoms with Crippen molar-refractivity contribution in [2.45, 2.75) is 44.4 Å². The van der Waals surface area contributed by atoms with Gasteiger partial charge in [0.2, 0.25) is 5.91 Å². The van der Waals surface area contributed by atoms with Crippen molar-refractivity contribution >= 4 is 27.7 Å². The van der Waals surface area contributed by atoms with Crippen LogP contribution in [0.2, 0.25) is 0 Å². The van der Waals surface area contributed by atoms with E-state index in [0.29, 0.717) is 37.5 Å². The van der Waals surface area contributed by atoms with Gasteiger partial charge in [-0.25, -0.2) is 8.42 Å². The maximum absolute atomic E-state index is 12.3. The van der Waals surface area contributed by atoms with Crippen molar-refractivity contribution in [1.82, 2.24) is 9.62 Å². The quantitative estimate of drug-likeness (QED) is 0.457. The second-order valence-electron chi connectivity index (χ2n) is 7.00. The van der Waals surface area contributed by atoms with Gasteiger partial charge in [0.1, 0.15) is 5.84 Å². The number of nitrogens with zero attached hydrogens (tertiary/aromatic N) is 2. The molecule has 0 aliphatic carbocycles. The van der Waals surface area contributed by atoms with E-state index in [9.17, 15) is 18.0 Å². The van der Waals surface area contributed by atoms with E-state index < -0.39 is 10.0 Å². The number of esters is 1. The number of sulfonamides is 1.